The number of ether oxygens (including phenoxy) is 1. The second-order valence-electron chi connectivity index (χ2n) is 6.40. The van der Waals surface area contributed by atoms with Crippen LogP contribution in [-0.2, 0) is 14.3 Å². The van der Waals surface area contributed by atoms with E-state index in [1.54, 1.807) is 35.9 Å². The summed E-state index contributed by atoms with van der Waals surface area (Å²) in [4.78, 5) is 40.6. The van der Waals surface area contributed by atoms with Crippen LogP contribution in [0.4, 0.5) is 4.79 Å². The maximum absolute atomic E-state index is 12.6. The van der Waals surface area contributed by atoms with Crippen LogP contribution in [0.3, 0.4) is 0 Å². The molecule has 0 aromatic carbocycles. The van der Waals surface area contributed by atoms with Gasteiger partial charge in [0.1, 0.15) is 11.8 Å². The van der Waals surface area contributed by atoms with Crippen LogP contribution in [0.5, 0.6) is 0 Å². The standard InChI is InChI=1S/C19H28N4O5/c1-5-23(6-2)15(24)12-22(4)11-13-16(18(25)27-7-3)17(21-19(26)20-13)14-9-8-10-28-14/h8-10,17H,5-7,11-12H2,1-4H3,(H2,20,21,26)/t17-/m1/s1. The summed E-state index contributed by atoms with van der Waals surface area (Å²) in [6, 6.07) is 2.15. The van der Waals surface area contributed by atoms with Crippen LogP contribution in [0, 0.1) is 0 Å². The van der Waals surface area contributed by atoms with E-state index in [-0.39, 0.29) is 31.2 Å². The van der Waals surface area contributed by atoms with Gasteiger partial charge >= 0.3 is 12.0 Å². The van der Waals surface area contributed by atoms with E-state index < -0.39 is 18.0 Å². The zero-order chi connectivity index (χ0) is 20.7. The lowest BCUT2D eigenvalue weighted by Crippen LogP contribution is -2.49. The fraction of sp³-hybridized carbons (Fsp3) is 0.526. The summed E-state index contributed by atoms with van der Waals surface area (Å²) < 4.78 is 10.6. The predicted octanol–water partition coefficient (Wildman–Crippen LogP) is 1.25. The third-order valence-electron chi connectivity index (χ3n) is 4.43. The first-order valence-electron chi connectivity index (χ1n) is 9.38. The van der Waals surface area contributed by atoms with Crippen LogP contribution in [0.2, 0.25) is 0 Å². The van der Waals surface area contributed by atoms with E-state index in [4.69, 9.17) is 9.15 Å². The van der Waals surface area contributed by atoms with Crippen molar-refractivity contribution in [2.45, 2.75) is 26.8 Å². The van der Waals surface area contributed by atoms with Gasteiger partial charge in [0.15, 0.2) is 0 Å². The second kappa shape index (κ2) is 9.93. The summed E-state index contributed by atoms with van der Waals surface area (Å²) in [5.74, 6) is -0.138. The molecule has 0 spiro atoms. The van der Waals surface area contributed by atoms with E-state index in [1.807, 2.05) is 13.8 Å². The molecule has 0 saturated heterocycles. The van der Waals surface area contributed by atoms with Gasteiger partial charge in [-0.3, -0.25) is 9.69 Å². The molecule has 0 bridgehead atoms. The first-order valence-corrected chi connectivity index (χ1v) is 9.38. The van der Waals surface area contributed by atoms with Crippen molar-refractivity contribution in [2.75, 3.05) is 39.8 Å². The molecule has 1 aliphatic heterocycles. The lowest BCUT2D eigenvalue weighted by Gasteiger charge is -2.30. The molecule has 1 aromatic rings. The molecule has 28 heavy (non-hydrogen) atoms. The Morgan fingerprint density at radius 1 is 1.25 bits per heavy atom. The summed E-state index contributed by atoms with van der Waals surface area (Å²) in [7, 11) is 1.76. The molecule has 0 saturated carbocycles. The highest BCUT2D eigenvalue weighted by Crippen LogP contribution is 2.28. The topological polar surface area (TPSA) is 104 Å². The zero-order valence-electron chi connectivity index (χ0n) is 16.8. The van der Waals surface area contributed by atoms with Crippen molar-refractivity contribution in [2.24, 2.45) is 0 Å². The van der Waals surface area contributed by atoms with E-state index in [1.165, 1.54) is 6.26 Å². The molecule has 1 aromatic heterocycles. The molecule has 1 atom stereocenters. The van der Waals surface area contributed by atoms with Gasteiger partial charge in [0.2, 0.25) is 5.91 Å². The Labute approximate surface area is 164 Å². The van der Waals surface area contributed by atoms with Crippen LogP contribution in [-0.4, -0.2) is 67.5 Å². The normalized spacial score (nSPS) is 16.6. The monoisotopic (exact) mass is 392 g/mol. The van der Waals surface area contributed by atoms with Gasteiger partial charge in [-0.15, -0.1) is 0 Å². The Morgan fingerprint density at radius 3 is 2.54 bits per heavy atom. The summed E-state index contributed by atoms with van der Waals surface area (Å²) in [5, 5.41) is 5.37. The minimum atomic E-state index is -0.760. The van der Waals surface area contributed by atoms with Crippen molar-refractivity contribution in [3.8, 4) is 0 Å². The largest absolute Gasteiger partial charge is 0.467 e. The predicted molar refractivity (Wildman–Crippen MR) is 102 cm³/mol. The highest BCUT2D eigenvalue weighted by Gasteiger charge is 2.35. The van der Waals surface area contributed by atoms with Crippen LogP contribution in [0.15, 0.2) is 34.1 Å². The van der Waals surface area contributed by atoms with Crippen molar-refractivity contribution in [1.29, 1.82) is 0 Å². The van der Waals surface area contributed by atoms with Crippen molar-refractivity contribution < 1.29 is 23.5 Å². The molecule has 154 valence electrons. The van der Waals surface area contributed by atoms with E-state index in [0.717, 1.165) is 0 Å². The Kier molecular flexibility index (Phi) is 7.62. The van der Waals surface area contributed by atoms with Crippen LogP contribution in [0.1, 0.15) is 32.6 Å². The number of amides is 3. The first-order chi connectivity index (χ1) is 13.4. The first kappa shape index (κ1) is 21.5. The lowest BCUT2D eigenvalue weighted by molar-refractivity contribution is -0.139. The Morgan fingerprint density at radius 2 is 1.96 bits per heavy atom. The quantitative estimate of drug-likeness (QED) is 0.613. The minimum Gasteiger partial charge on any atom is -0.467 e. The van der Waals surface area contributed by atoms with Gasteiger partial charge in [-0.1, -0.05) is 0 Å². The van der Waals surface area contributed by atoms with Crippen molar-refractivity contribution in [3.63, 3.8) is 0 Å². The van der Waals surface area contributed by atoms with Crippen molar-refractivity contribution in [3.05, 3.63) is 35.4 Å². The van der Waals surface area contributed by atoms with Crippen LogP contribution >= 0.6 is 0 Å². The summed E-state index contributed by atoms with van der Waals surface area (Å²) in [6.45, 7) is 7.37. The molecule has 0 radical (unpaired) electrons. The molecule has 9 heteroatoms. The number of nitrogens with one attached hydrogen (secondary N) is 2. The molecule has 1 aliphatic rings. The molecule has 2 rings (SSSR count). The van der Waals surface area contributed by atoms with Gasteiger partial charge < -0.3 is 24.7 Å². The van der Waals surface area contributed by atoms with Gasteiger partial charge in [0.25, 0.3) is 0 Å². The van der Waals surface area contributed by atoms with Gasteiger partial charge in [-0.25, -0.2) is 9.59 Å². The van der Waals surface area contributed by atoms with E-state index in [0.29, 0.717) is 24.5 Å². The van der Waals surface area contributed by atoms with E-state index in [2.05, 4.69) is 10.6 Å². The fourth-order valence-electron chi connectivity index (χ4n) is 3.09. The Hall–Kier alpha value is -2.81. The maximum Gasteiger partial charge on any atom is 0.338 e. The van der Waals surface area contributed by atoms with Gasteiger partial charge in [-0.05, 0) is 40.0 Å². The molecule has 2 heterocycles. The summed E-state index contributed by atoms with van der Waals surface area (Å²) in [5.41, 5.74) is 0.650. The minimum absolute atomic E-state index is 0.0198. The number of carbonyl (C=O) groups is 3. The number of urea groups is 1. The Balaban J connectivity index is 2.29. The molecule has 0 fully saturated rings. The molecule has 9 nitrogen and oxygen atoms in total. The number of esters is 1. The number of hydrogen-bond donors (Lipinski definition) is 2. The lowest BCUT2D eigenvalue weighted by atomic mass is 10.00. The second-order valence-corrected chi connectivity index (χ2v) is 6.40. The highest BCUT2D eigenvalue weighted by molar-refractivity contribution is 5.95. The third-order valence-corrected chi connectivity index (χ3v) is 4.43. The summed E-state index contributed by atoms with van der Waals surface area (Å²) in [6.07, 6.45) is 1.47. The molecule has 0 unspecified atom stereocenters. The van der Waals surface area contributed by atoms with Crippen LogP contribution < -0.4 is 10.6 Å². The number of nitrogens with zero attached hydrogens (tertiary/aromatic N) is 2. The number of hydrogen-bond acceptors (Lipinski definition) is 6. The zero-order valence-corrected chi connectivity index (χ0v) is 16.8. The van der Waals surface area contributed by atoms with Gasteiger partial charge in [0.05, 0.1) is 25.0 Å². The van der Waals surface area contributed by atoms with Crippen LogP contribution in [0.25, 0.3) is 0 Å². The maximum atomic E-state index is 12.6. The van der Waals surface area contributed by atoms with Gasteiger partial charge in [0, 0.05) is 25.3 Å². The van der Waals surface area contributed by atoms with E-state index >= 15 is 0 Å². The number of furan rings is 1. The molecule has 0 aliphatic carbocycles. The number of carbonyl (C=O) groups excluding carboxylic acids is 3. The molecule has 2 N–H and O–H groups in total. The summed E-state index contributed by atoms with van der Waals surface area (Å²) >= 11 is 0. The van der Waals surface area contributed by atoms with E-state index in [9.17, 15) is 14.4 Å². The molecular weight excluding hydrogens is 364 g/mol. The van der Waals surface area contributed by atoms with Crippen molar-refractivity contribution >= 4 is 17.9 Å². The SMILES string of the molecule is CCOC(=O)C1=C(CN(C)CC(=O)N(CC)CC)NC(=O)N[C@@H]1c1ccco1. The van der Waals surface area contributed by atoms with Gasteiger partial charge in [-0.2, -0.15) is 0 Å². The number of likely N-dealkylation sites (N-methyl/N-ethyl adjacent to an activating group) is 2. The fourth-order valence-corrected chi connectivity index (χ4v) is 3.09. The average molecular weight is 392 g/mol. The molecule has 3 amide bonds. The van der Waals surface area contributed by atoms with Crippen molar-refractivity contribution in [1.82, 2.24) is 20.4 Å². The smallest absolute Gasteiger partial charge is 0.338 e. The Bertz CT molecular complexity index is 725. The third kappa shape index (κ3) is 5.13. The average Bonchev–Trinajstić information content (AvgIpc) is 3.16. The molecular formula is C19H28N4O5. The number of rotatable bonds is 9. The highest BCUT2D eigenvalue weighted by atomic mass is 16.5.